The molecule has 0 radical (unpaired) electrons. The van der Waals surface area contributed by atoms with E-state index < -0.39 is 0 Å². The van der Waals surface area contributed by atoms with Crippen molar-refractivity contribution in [1.29, 1.82) is 0 Å². The van der Waals surface area contributed by atoms with Crippen LogP contribution >= 0.6 is 11.3 Å². The SMILES string of the molecule is c1ccc2cc(-c3nc(-c4nc5c6ccccc6c6sc7ccccc7c6c5c5ccccc45)nc4ccccc34)ccc2c1. The minimum Gasteiger partial charge on any atom is -0.243 e. The Labute approximate surface area is 262 Å². The number of hydrogen-bond acceptors (Lipinski definition) is 4. The third-order valence-corrected chi connectivity index (χ3v) is 10.2. The number of aromatic nitrogens is 3. The first kappa shape index (κ1) is 24.7. The van der Waals surface area contributed by atoms with E-state index in [0.29, 0.717) is 5.82 Å². The van der Waals surface area contributed by atoms with Crippen molar-refractivity contribution >= 4 is 85.6 Å². The summed E-state index contributed by atoms with van der Waals surface area (Å²) in [6.07, 6.45) is 0. The zero-order valence-corrected chi connectivity index (χ0v) is 24.8. The monoisotopic (exact) mass is 589 g/mol. The Hall–Kier alpha value is -5.71. The molecule has 0 N–H and O–H groups in total. The first-order valence-electron chi connectivity index (χ1n) is 15.1. The van der Waals surface area contributed by atoms with E-state index in [2.05, 4.69) is 133 Å². The number of fused-ring (bicyclic) bond motifs is 12. The molecule has 45 heavy (non-hydrogen) atoms. The second-order valence-electron chi connectivity index (χ2n) is 11.6. The number of rotatable bonds is 2. The summed E-state index contributed by atoms with van der Waals surface area (Å²) in [6.45, 7) is 0. The quantitative estimate of drug-likeness (QED) is 0.188. The predicted octanol–water partition coefficient (Wildman–Crippen LogP) is 11.3. The molecule has 10 rings (SSSR count). The molecule has 0 bridgehead atoms. The van der Waals surface area contributed by atoms with Crippen LogP contribution in [0, 0.1) is 0 Å². The summed E-state index contributed by atoms with van der Waals surface area (Å²) in [5.41, 5.74) is 4.67. The Morgan fingerprint density at radius 2 is 1.09 bits per heavy atom. The largest absolute Gasteiger partial charge is 0.243 e. The van der Waals surface area contributed by atoms with E-state index >= 15 is 0 Å². The summed E-state index contributed by atoms with van der Waals surface area (Å²) >= 11 is 1.86. The molecule has 3 nitrogen and oxygen atoms in total. The van der Waals surface area contributed by atoms with Gasteiger partial charge < -0.3 is 0 Å². The number of thiophene rings is 1. The van der Waals surface area contributed by atoms with Gasteiger partial charge in [-0.05, 0) is 34.4 Å². The van der Waals surface area contributed by atoms with E-state index in [9.17, 15) is 0 Å². The minimum absolute atomic E-state index is 0.634. The molecule has 0 aliphatic rings. The van der Waals surface area contributed by atoms with E-state index in [4.69, 9.17) is 15.0 Å². The van der Waals surface area contributed by atoms with Gasteiger partial charge in [0, 0.05) is 52.7 Å². The minimum atomic E-state index is 0.634. The molecule has 0 fully saturated rings. The Morgan fingerprint density at radius 1 is 0.422 bits per heavy atom. The summed E-state index contributed by atoms with van der Waals surface area (Å²) in [7, 11) is 0. The number of nitrogens with zero attached hydrogens (tertiary/aromatic N) is 3. The summed E-state index contributed by atoms with van der Waals surface area (Å²) < 4.78 is 2.59. The third kappa shape index (κ3) is 3.60. The Kier molecular flexibility index (Phi) is 5.16. The Balaban J connectivity index is 1.36. The van der Waals surface area contributed by atoms with Crippen molar-refractivity contribution in [2.45, 2.75) is 0 Å². The summed E-state index contributed by atoms with van der Waals surface area (Å²) in [4.78, 5) is 16.0. The highest BCUT2D eigenvalue weighted by atomic mass is 32.1. The molecule has 0 saturated carbocycles. The van der Waals surface area contributed by atoms with Gasteiger partial charge in [-0.1, -0.05) is 121 Å². The van der Waals surface area contributed by atoms with Gasteiger partial charge in [-0.25, -0.2) is 15.0 Å². The second kappa shape index (κ2) is 9.39. The zero-order valence-electron chi connectivity index (χ0n) is 24.0. The van der Waals surface area contributed by atoms with Gasteiger partial charge in [0.25, 0.3) is 0 Å². The van der Waals surface area contributed by atoms with Gasteiger partial charge in [-0.2, -0.15) is 0 Å². The second-order valence-corrected chi connectivity index (χ2v) is 12.6. The van der Waals surface area contributed by atoms with Crippen molar-refractivity contribution in [2.75, 3.05) is 0 Å². The van der Waals surface area contributed by atoms with Crippen molar-refractivity contribution in [3.05, 3.63) is 140 Å². The van der Waals surface area contributed by atoms with E-state index in [1.807, 2.05) is 17.4 Å². The van der Waals surface area contributed by atoms with E-state index in [1.165, 1.54) is 47.1 Å². The maximum atomic E-state index is 5.51. The van der Waals surface area contributed by atoms with Crippen LogP contribution in [0.2, 0.25) is 0 Å². The maximum absolute atomic E-state index is 5.51. The molecule has 0 unspecified atom stereocenters. The van der Waals surface area contributed by atoms with Crippen molar-refractivity contribution in [3.63, 3.8) is 0 Å². The molecule has 0 saturated heterocycles. The van der Waals surface area contributed by atoms with Crippen molar-refractivity contribution in [2.24, 2.45) is 0 Å². The molecule has 10 aromatic rings. The lowest BCUT2D eigenvalue weighted by Gasteiger charge is -2.14. The predicted molar refractivity (Wildman–Crippen MR) is 191 cm³/mol. The van der Waals surface area contributed by atoms with Gasteiger partial charge in [0.05, 0.1) is 16.7 Å². The fourth-order valence-electron chi connectivity index (χ4n) is 6.99. The van der Waals surface area contributed by atoms with E-state index in [-0.39, 0.29) is 0 Å². The van der Waals surface area contributed by atoms with Gasteiger partial charge in [-0.15, -0.1) is 11.3 Å². The lowest BCUT2D eigenvalue weighted by atomic mass is 9.95. The first-order chi connectivity index (χ1) is 22.3. The Bertz CT molecular complexity index is 2830. The Morgan fingerprint density at radius 3 is 1.96 bits per heavy atom. The molecule has 0 spiro atoms. The molecule has 4 heteroatoms. The normalized spacial score (nSPS) is 12.0. The lowest BCUT2D eigenvalue weighted by Crippen LogP contribution is -1.99. The molecule has 0 amide bonds. The summed E-state index contributed by atoms with van der Waals surface area (Å²) in [6, 6.07) is 49.3. The van der Waals surface area contributed by atoms with Gasteiger partial charge >= 0.3 is 0 Å². The third-order valence-electron chi connectivity index (χ3n) is 9.02. The molecule has 0 atom stereocenters. The van der Waals surface area contributed by atoms with Gasteiger partial charge in [0.1, 0.15) is 5.69 Å². The van der Waals surface area contributed by atoms with Gasteiger partial charge in [-0.3, -0.25) is 0 Å². The highest BCUT2D eigenvalue weighted by Crippen LogP contribution is 2.46. The average Bonchev–Trinajstić information content (AvgIpc) is 3.50. The fourth-order valence-corrected chi connectivity index (χ4v) is 8.24. The summed E-state index contributed by atoms with van der Waals surface area (Å²) in [5.74, 6) is 0.634. The van der Waals surface area contributed by atoms with Crippen LogP contribution in [-0.2, 0) is 0 Å². The van der Waals surface area contributed by atoms with Crippen molar-refractivity contribution in [3.8, 4) is 22.8 Å². The molecular formula is C41H23N3S. The van der Waals surface area contributed by atoms with E-state index in [0.717, 1.165) is 44.1 Å². The van der Waals surface area contributed by atoms with Crippen molar-refractivity contribution < 1.29 is 0 Å². The molecule has 0 aliphatic heterocycles. The van der Waals surface area contributed by atoms with Crippen LogP contribution in [0.15, 0.2) is 140 Å². The number of hydrogen-bond donors (Lipinski definition) is 0. The molecule has 3 aromatic heterocycles. The van der Waals surface area contributed by atoms with Crippen LogP contribution in [0.4, 0.5) is 0 Å². The summed E-state index contributed by atoms with van der Waals surface area (Å²) in [5, 5.41) is 11.8. The lowest BCUT2D eigenvalue weighted by molar-refractivity contribution is 1.21. The van der Waals surface area contributed by atoms with Crippen LogP contribution < -0.4 is 0 Å². The van der Waals surface area contributed by atoms with Crippen LogP contribution in [-0.4, -0.2) is 15.0 Å². The van der Waals surface area contributed by atoms with E-state index in [1.54, 1.807) is 0 Å². The first-order valence-corrected chi connectivity index (χ1v) is 15.9. The topological polar surface area (TPSA) is 38.7 Å². The molecule has 7 aromatic carbocycles. The highest BCUT2D eigenvalue weighted by molar-refractivity contribution is 7.27. The number of pyridine rings is 1. The van der Waals surface area contributed by atoms with Crippen LogP contribution in [0.1, 0.15) is 0 Å². The number of benzene rings is 7. The zero-order chi connectivity index (χ0) is 29.5. The average molecular weight is 590 g/mol. The van der Waals surface area contributed by atoms with Crippen LogP contribution in [0.3, 0.4) is 0 Å². The maximum Gasteiger partial charge on any atom is 0.179 e. The van der Waals surface area contributed by atoms with Gasteiger partial charge in [0.15, 0.2) is 5.82 Å². The van der Waals surface area contributed by atoms with Gasteiger partial charge in [0.2, 0.25) is 0 Å². The molecule has 3 heterocycles. The molecule has 0 aliphatic carbocycles. The number of para-hydroxylation sites is 1. The molecule has 208 valence electrons. The molecular weight excluding hydrogens is 567 g/mol. The standard InChI is InChI=1S/C41H23N3S/c1-2-12-25-23-26(22-21-24(25)11-1)37-31-17-7-9-19-33(31)42-41(44-37)39-28-14-4-3-13-27(28)35-36-32-18-8-10-20-34(32)45-40(36)30-16-6-5-15-29(30)38(35)43-39/h1-23H. The van der Waals surface area contributed by atoms with Crippen LogP contribution in [0.5, 0.6) is 0 Å². The highest BCUT2D eigenvalue weighted by Gasteiger charge is 2.21. The van der Waals surface area contributed by atoms with Crippen molar-refractivity contribution in [1.82, 2.24) is 15.0 Å². The van der Waals surface area contributed by atoms with Crippen LogP contribution in [0.25, 0.3) is 97.1 Å². The smallest absolute Gasteiger partial charge is 0.179 e. The fraction of sp³-hybridized carbons (Fsp3) is 0.